The zero-order valence-electron chi connectivity index (χ0n) is 7.53. The Balaban J connectivity index is 2.90. The SMILES string of the molecule is CCC(O)OCCOCCCO. The van der Waals surface area contributed by atoms with E-state index in [1.54, 1.807) is 0 Å². The summed E-state index contributed by atoms with van der Waals surface area (Å²) in [6, 6.07) is 0. The Kier molecular flexibility index (Phi) is 8.81. The van der Waals surface area contributed by atoms with Crippen LogP contribution in [-0.4, -0.2) is 42.9 Å². The Labute approximate surface area is 73.1 Å². The molecule has 0 spiro atoms. The molecule has 1 atom stereocenters. The zero-order chi connectivity index (χ0) is 9.23. The molecule has 0 heterocycles. The Morgan fingerprint density at radius 1 is 1.25 bits per heavy atom. The molecule has 74 valence electrons. The average molecular weight is 178 g/mol. The first kappa shape index (κ1) is 11.8. The molecule has 0 aliphatic rings. The second-order valence-electron chi connectivity index (χ2n) is 2.42. The molecule has 0 saturated heterocycles. The number of aliphatic hydroxyl groups excluding tert-OH is 2. The monoisotopic (exact) mass is 178 g/mol. The van der Waals surface area contributed by atoms with Gasteiger partial charge < -0.3 is 19.7 Å². The fourth-order valence-corrected chi connectivity index (χ4v) is 0.630. The van der Waals surface area contributed by atoms with Gasteiger partial charge in [0, 0.05) is 13.2 Å². The van der Waals surface area contributed by atoms with Crippen LogP contribution in [0.5, 0.6) is 0 Å². The lowest BCUT2D eigenvalue weighted by atomic mass is 10.5. The highest BCUT2D eigenvalue weighted by molar-refractivity contribution is 4.36. The highest BCUT2D eigenvalue weighted by atomic mass is 16.6. The van der Waals surface area contributed by atoms with Gasteiger partial charge in [-0.15, -0.1) is 0 Å². The fourth-order valence-electron chi connectivity index (χ4n) is 0.630. The van der Waals surface area contributed by atoms with Crippen molar-refractivity contribution < 1.29 is 19.7 Å². The van der Waals surface area contributed by atoms with Crippen LogP contribution in [-0.2, 0) is 9.47 Å². The van der Waals surface area contributed by atoms with Crippen LogP contribution in [0.2, 0.25) is 0 Å². The molecule has 0 amide bonds. The normalized spacial score (nSPS) is 13.2. The summed E-state index contributed by atoms with van der Waals surface area (Å²) in [5.74, 6) is 0. The maximum Gasteiger partial charge on any atom is 0.154 e. The fraction of sp³-hybridized carbons (Fsp3) is 1.00. The van der Waals surface area contributed by atoms with Crippen molar-refractivity contribution in [2.75, 3.05) is 26.4 Å². The molecule has 4 heteroatoms. The second kappa shape index (κ2) is 8.93. The third-order valence-electron chi connectivity index (χ3n) is 1.33. The van der Waals surface area contributed by atoms with Crippen molar-refractivity contribution in [3.8, 4) is 0 Å². The van der Waals surface area contributed by atoms with Crippen LogP contribution in [0.4, 0.5) is 0 Å². The van der Waals surface area contributed by atoms with Crippen LogP contribution in [0, 0.1) is 0 Å². The minimum absolute atomic E-state index is 0.151. The van der Waals surface area contributed by atoms with Crippen molar-refractivity contribution >= 4 is 0 Å². The van der Waals surface area contributed by atoms with Gasteiger partial charge in [-0.1, -0.05) is 6.92 Å². The number of hydrogen-bond acceptors (Lipinski definition) is 4. The van der Waals surface area contributed by atoms with Crippen molar-refractivity contribution in [1.82, 2.24) is 0 Å². The highest BCUT2D eigenvalue weighted by Gasteiger charge is 1.98. The third-order valence-corrected chi connectivity index (χ3v) is 1.33. The van der Waals surface area contributed by atoms with Crippen molar-refractivity contribution in [3.63, 3.8) is 0 Å². The summed E-state index contributed by atoms with van der Waals surface area (Å²) >= 11 is 0. The van der Waals surface area contributed by atoms with Gasteiger partial charge in [0.2, 0.25) is 0 Å². The van der Waals surface area contributed by atoms with Gasteiger partial charge in [-0.05, 0) is 12.8 Å². The molecular formula is C8H18O4. The van der Waals surface area contributed by atoms with E-state index in [2.05, 4.69) is 0 Å². The lowest BCUT2D eigenvalue weighted by Crippen LogP contribution is -2.14. The van der Waals surface area contributed by atoms with Crippen LogP contribution in [0.25, 0.3) is 0 Å². The summed E-state index contributed by atoms with van der Waals surface area (Å²) in [5.41, 5.74) is 0. The standard InChI is InChI=1S/C8H18O4/c1-2-8(10)12-7-6-11-5-3-4-9/h8-10H,2-7H2,1H3. The van der Waals surface area contributed by atoms with Crippen LogP contribution in [0.1, 0.15) is 19.8 Å². The van der Waals surface area contributed by atoms with Gasteiger partial charge in [-0.25, -0.2) is 0 Å². The molecular weight excluding hydrogens is 160 g/mol. The molecule has 0 aromatic carbocycles. The van der Waals surface area contributed by atoms with Gasteiger partial charge in [0.1, 0.15) is 0 Å². The summed E-state index contributed by atoms with van der Waals surface area (Å²) in [5, 5.41) is 17.3. The first-order valence-corrected chi connectivity index (χ1v) is 4.29. The van der Waals surface area contributed by atoms with Gasteiger partial charge in [-0.3, -0.25) is 0 Å². The van der Waals surface area contributed by atoms with Gasteiger partial charge >= 0.3 is 0 Å². The van der Waals surface area contributed by atoms with Gasteiger partial charge in [-0.2, -0.15) is 0 Å². The first-order valence-electron chi connectivity index (χ1n) is 4.29. The van der Waals surface area contributed by atoms with E-state index >= 15 is 0 Å². The first-order chi connectivity index (χ1) is 5.81. The summed E-state index contributed by atoms with van der Waals surface area (Å²) < 4.78 is 10.0. The lowest BCUT2D eigenvalue weighted by Gasteiger charge is -2.09. The molecule has 0 bridgehead atoms. The largest absolute Gasteiger partial charge is 0.396 e. The van der Waals surface area contributed by atoms with E-state index in [9.17, 15) is 0 Å². The quantitative estimate of drug-likeness (QED) is 0.410. The van der Waals surface area contributed by atoms with E-state index in [1.807, 2.05) is 6.92 Å². The van der Waals surface area contributed by atoms with E-state index in [4.69, 9.17) is 19.7 Å². The van der Waals surface area contributed by atoms with E-state index in [-0.39, 0.29) is 6.61 Å². The molecule has 4 nitrogen and oxygen atoms in total. The molecule has 0 aromatic heterocycles. The number of ether oxygens (including phenoxy) is 2. The lowest BCUT2D eigenvalue weighted by molar-refractivity contribution is -0.113. The van der Waals surface area contributed by atoms with E-state index < -0.39 is 6.29 Å². The van der Waals surface area contributed by atoms with Gasteiger partial charge in [0.15, 0.2) is 6.29 Å². The van der Waals surface area contributed by atoms with Gasteiger partial charge in [0.05, 0.1) is 13.2 Å². The zero-order valence-corrected chi connectivity index (χ0v) is 7.53. The van der Waals surface area contributed by atoms with E-state index in [0.717, 1.165) is 0 Å². The van der Waals surface area contributed by atoms with Crippen LogP contribution >= 0.6 is 0 Å². The van der Waals surface area contributed by atoms with E-state index in [0.29, 0.717) is 32.7 Å². The predicted octanol–water partition coefficient (Wildman–Crippen LogP) is 0.130. The Hall–Kier alpha value is -0.160. The van der Waals surface area contributed by atoms with Crippen molar-refractivity contribution in [1.29, 1.82) is 0 Å². The minimum Gasteiger partial charge on any atom is -0.396 e. The van der Waals surface area contributed by atoms with Crippen molar-refractivity contribution in [2.45, 2.75) is 26.1 Å². The number of hydrogen-bond donors (Lipinski definition) is 2. The summed E-state index contributed by atoms with van der Waals surface area (Å²) in [6.07, 6.45) is 0.568. The summed E-state index contributed by atoms with van der Waals surface area (Å²) in [7, 11) is 0. The maximum atomic E-state index is 8.94. The molecule has 0 fully saturated rings. The molecule has 12 heavy (non-hydrogen) atoms. The third kappa shape index (κ3) is 7.94. The molecule has 1 unspecified atom stereocenters. The molecule has 0 radical (unpaired) electrons. The topological polar surface area (TPSA) is 58.9 Å². The Morgan fingerprint density at radius 3 is 2.58 bits per heavy atom. The number of aliphatic hydroxyl groups is 2. The van der Waals surface area contributed by atoms with Crippen LogP contribution in [0.3, 0.4) is 0 Å². The minimum atomic E-state index is -0.675. The highest BCUT2D eigenvalue weighted by Crippen LogP contribution is 1.91. The average Bonchev–Trinajstić information content (AvgIpc) is 2.10. The molecule has 0 aliphatic heterocycles. The Bertz CT molecular complexity index is 87.1. The molecule has 2 N–H and O–H groups in total. The maximum absolute atomic E-state index is 8.94. The summed E-state index contributed by atoms with van der Waals surface area (Å²) in [6.45, 7) is 3.41. The van der Waals surface area contributed by atoms with Crippen LogP contribution < -0.4 is 0 Å². The van der Waals surface area contributed by atoms with Gasteiger partial charge in [0.25, 0.3) is 0 Å². The van der Waals surface area contributed by atoms with Crippen molar-refractivity contribution in [3.05, 3.63) is 0 Å². The number of rotatable bonds is 8. The molecule has 0 saturated carbocycles. The van der Waals surface area contributed by atoms with Crippen LogP contribution in [0.15, 0.2) is 0 Å². The second-order valence-corrected chi connectivity index (χ2v) is 2.42. The predicted molar refractivity (Wildman–Crippen MR) is 44.8 cm³/mol. The van der Waals surface area contributed by atoms with E-state index in [1.165, 1.54) is 0 Å². The molecule has 0 aliphatic carbocycles. The Morgan fingerprint density at radius 2 is 2.00 bits per heavy atom. The molecule has 0 rings (SSSR count). The smallest absolute Gasteiger partial charge is 0.154 e. The van der Waals surface area contributed by atoms with Crippen molar-refractivity contribution in [2.24, 2.45) is 0 Å². The molecule has 0 aromatic rings. The summed E-state index contributed by atoms with van der Waals surface area (Å²) in [4.78, 5) is 0.